The van der Waals surface area contributed by atoms with E-state index in [4.69, 9.17) is 9.47 Å². The van der Waals surface area contributed by atoms with E-state index in [1.165, 1.54) is 77.9 Å². The average Bonchev–Trinajstić information content (AvgIpc) is 3.65. The largest absolute Gasteiger partial charge is 0.496 e. The van der Waals surface area contributed by atoms with Gasteiger partial charge < -0.3 is 9.47 Å². The van der Waals surface area contributed by atoms with E-state index in [2.05, 4.69) is 137 Å². The molecule has 0 spiro atoms. The third kappa shape index (κ3) is 3.85. The van der Waals surface area contributed by atoms with Gasteiger partial charge in [-0.05, 0) is 121 Å². The van der Waals surface area contributed by atoms with Crippen LogP contribution in [0.4, 0.5) is 0 Å². The van der Waals surface area contributed by atoms with Gasteiger partial charge in [-0.15, -0.1) is 0 Å². The van der Waals surface area contributed by atoms with Crippen LogP contribution in [-0.4, -0.2) is 14.2 Å². The Balaban J connectivity index is 1.12. The van der Waals surface area contributed by atoms with Crippen LogP contribution in [0.2, 0.25) is 0 Å². The van der Waals surface area contributed by atoms with E-state index in [1.807, 2.05) is 0 Å². The second kappa shape index (κ2) is 9.72. The van der Waals surface area contributed by atoms with Crippen molar-refractivity contribution in [2.75, 3.05) is 14.2 Å². The van der Waals surface area contributed by atoms with Crippen LogP contribution in [-0.2, 0) is 17.3 Å². The third-order valence-electron chi connectivity index (χ3n) is 11.3. The summed E-state index contributed by atoms with van der Waals surface area (Å²) >= 11 is 0. The molecule has 3 aliphatic rings. The molecule has 0 saturated carbocycles. The number of methoxy groups -OCH3 is 2. The number of rotatable bonds is 4. The van der Waals surface area contributed by atoms with Crippen molar-refractivity contribution in [3.05, 3.63) is 143 Å². The van der Waals surface area contributed by atoms with Gasteiger partial charge in [-0.3, -0.25) is 0 Å². The molecule has 0 heterocycles. The lowest BCUT2D eigenvalue weighted by Crippen LogP contribution is -2.14. The summed E-state index contributed by atoms with van der Waals surface area (Å²) in [5.41, 5.74) is 20.6. The highest BCUT2D eigenvalue weighted by molar-refractivity contribution is 5.90. The Morgan fingerprint density at radius 1 is 0.404 bits per heavy atom. The molecule has 230 valence electrons. The Labute approximate surface area is 277 Å². The van der Waals surface area contributed by atoms with Crippen molar-refractivity contribution < 1.29 is 9.47 Å². The fourth-order valence-corrected chi connectivity index (χ4v) is 8.78. The van der Waals surface area contributed by atoms with Crippen LogP contribution in [0, 0.1) is 0 Å². The van der Waals surface area contributed by atoms with Gasteiger partial charge in [-0.2, -0.15) is 0 Å². The fraction of sp³-hybridized carbons (Fsp3) is 0.200. The number of hydrogen-bond acceptors (Lipinski definition) is 2. The zero-order chi connectivity index (χ0) is 32.2. The molecule has 6 aromatic rings. The van der Waals surface area contributed by atoms with Crippen LogP contribution in [0.1, 0.15) is 61.1 Å². The van der Waals surface area contributed by atoms with E-state index in [9.17, 15) is 0 Å². The SMILES string of the molecule is COc1cc2c(cc1-c1ccc3c(c1)C(C)(C)c1ccccc1-3)Cc1cc(-c3ccc4c(c3)C(C)(C)c3ccccc3-4)c(OC)cc1-2. The number of hydrogen-bond donors (Lipinski definition) is 0. The predicted octanol–water partition coefficient (Wildman–Crippen LogP) is 11.2. The smallest absolute Gasteiger partial charge is 0.127 e. The van der Waals surface area contributed by atoms with E-state index < -0.39 is 0 Å². The maximum Gasteiger partial charge on any atom is 0.127 e. The summed E-state index contributed by atoms with van der Waals surface area (Å²) in [5.74, 6) is 1.79. The molecule has 0 radical (unpaired) electrons. The van der Waals surface area contributed by atoms with Crippen LogP contribution < -0.4 is 9.47 Å². The lowest BCUT2D eigenvalue weighted by molar-refractivity contribution is 0.416. The summed E-state index contributed by atoms with van der Waals surface area (Å²) in [4.78, 5) is 0. The van der Waals surface area contributed by atoms with E-state index in [1.54, 1.807) is 14.2 Å². The van der Waals surface area contributed by atoms with Crippen LogP contribution in [0.5, 0.6) is 11.5 Å². The summed E-state index contributed by atoms with van der Waals surface area (Å²) in [6, 6.07) is 40.7. The fourth-order valence-electron chi connectivity index (χ4n) is 8.78. The van der Waals surface area contributed by atoms with Crippen LogP contribution in [0.15, 0.2) is 109 Å². The van der Waals surface area contributed by atoms with Crippen molar-refractivity contribution in [2.24, 2.45) is 0 Å². The molecular formula is C45H38O2. The Bertz CT molecular complexity index is 2140. The molecule has 9 rings (SSSR count). The van der Waals surface area contributed by atoms with Gasteiger partial charge >= 0.3 is 0 Å². The average molecular weight is 611 g/mol. The third-order valence-corrected chi connectivity index (χ3v) is 11.3. The predicted molar refractivity (Wildman–Crippen MR) is 194 cm³/mol. The van der Waals surface area contributed by atoms with Gasteiger partial charge in [0.1, 0.15) is 11.5 Å². The summed E-state index contributed by atoms with van der Waals surface area (Å²) in [6.45, 7) is 9.35. The first-order valence-electron chi connectivity index (χ1n) is 16.6. The minimum atomic E-state index is -0.0509. The van der Waals surface area contributed by atoms with Crippen molar-refractivity contribution in [3.63, 3.8) is 0 Å². The van der Waals surface area contributed by atoms with Crippen LogP contribution >= 0.6 is 0 Å². The number of fused-ring (bicyclic) bond motifs is 9. The van der Waals surface area contributed by atoms with Crippen molar-refractivity contribution in [3.8, 4) is 67.1 Å². The first kappa shape index (κ1) is 28.2. The Morgan fingerprint density at radius 2 is 0.809 bits per heavy atom. The summed E-state index contributed by atoms with van der Waals surface area (Å²) < 4.78 is 12.2. The van der Waals surface area contributed by atoms with Gasteiger partial charge in [0.25, 0.3) is 0 Å². The van der Waals surface area contributed by atoms with Gasteiger partial charge in [-0.1, -0.05) is 100 Å². The molecule has 0 saturated heterocycles. The Hall–Kier alpha value is -5.08. The van der Waals surface area contributed by atoms with Gasteiger partial charge in [0.15, 0.2) is 0 Å². The van der Waals surface area contributed by atoms with Crippen LogP contribution in [0.3, 0.4) is 0 Å². The Kier molecular flexibility index (Phi) is 5.82. The zero-order valence-corrected chi connectivity index (χ0v) is 27.9. The van der Waals surface area contributed by atoms with E-state index >= 15 is 0 Å². The molecule has 47 heavy (non-hydrogen) atoms. The minimum Gasteiger partial charge on any atom is -0.496 e. The lowest BCUT2D eigenvalue weighted by Gasteiger charge is -2.22. The topological polar surface area (TPSA) is 18.5 Å². The summed E-state index contributed by atoms with van der Waals surface area (Å²) in [5, 5.41) is 0. The molecule has 3 aliphatic carbocycles. The zero-order valence-electron chi connectivity index (χ0n) is 27.9. The number of benzene rings is 6. The quantitative estimate of drug-likeness (QED) is 0.197. The molecule has 0 unspecified atom stereocenters. The summed E-state index contributed by atoms with van der Waals surface area (Å²) in [7, 11) is 3.57. The maximum atomic E-state index is 6.08. The molecule has 0 bridgehead atoms. The molecule has 0 amide bonds. The molecule has 0 N–H and O–H groups in total. The summed E-state index contributed by atoms with van der Waals surface area (Å²) in [6.07, 6.45) is 0.877. The molecule has 0 atom stereocenters. The molecule has 0 aliphatic heterocycles. The standard InChI is InChI=1S/C45H38O2/c1-44(2)38-13-9-7-11-30(38)32-17-15-26(22-40(32)44)36-20-28-19-29-21-37(43(47-6)25-35(29)34(28)24-42(36)46-5)27-16-18-33-31-12-8-10-14-39(31)45(3,4)41(33)23-27/h7-18,20-25H,19H2,1-6H3. The van der Waals surface area contributed by atoms with E-state index in [0.29, 0.717) is 0 Å². The second-order valence-corrected chi connectivity index (χ2v) is 14.5. The molecule has 2 nitrogen and oxygen atoms in total. The highest BCUT2D eigenvalue weighted by Crippen LogP contribution is 2.53. The Morgan fingerprint density at radius 3 is 1.23 bits per heavy atom. The van der Waals surface area contributed by atoms with Gasteiger partial charge in [0, 0.05) is 22.0 Å². The van der Waals surface area contributed by atoms with Gasteiger partial charge in [0.05, 0.1) is 14.2 Å². The molecule has 6 aromatic carbocycles. The lowest BCUT2D eigenvalue weighted by atomic mass is 9.81. The molecule has 0 fully saturated rings. The number of ether oxygens (including phenoxy) is 2. The normalized spacial score (nSPS) is 15.3. The van der Waals surface area contributed by atoms with Crippen molar-refractivity contribution in [1.82, 2.24) is 0 Å². The molecule has 2 heteroatoms. The highest BCUT2D eigenvalue weighted by atomic mass is 16.5. The van der Waals surface area contributed by atoms with Gasteiger partial charge in [0.2, 0.25) is 0 Å². The first-order chi connectivity index (χ1) is 22.7. The van der Waals surface area contributed by atoms with Crippen molar-refractivity contribution >= 4 is 0 Å². The highest BCUT2D eigenvalue weighted by Gasteiger charge is 2.37. The first-order valence-corrected chi connectivity index (χ1v) is 16.6. The monoisotopic (exact) mass is 610 g/mol. The van der Waals surface area contributed by atoms with E-state index in [-0.39, 0.29) is 10.8 Å². The second-order valence-electron chi connectivity index (χ2n) is 14.5. The maximum absolute atomic E-state index is 6.08. The molecule has 0 aromatic heterocycles. The van der Waals surface area contributed by atoms with Crippen molar-refractivity contribution in [2.45, 2.75) is 44.9 Å². The van der Waals surface area contributed by atoms with Crippen molar-refractivity contribution in [1.29, 1.82) is 0 Å². The van der Waals surface area contributed by atoms with Gasteiger partial charge in [-0.25, -0.2) is 0 Å². The van der Waals surface area contributed by atoms with Crippen LogP contribution in [0.25, 0.3) is 55.6 Å². The van der Waals surface area contributed by atoms with E-state index in [0.717, 1.165) is 29.0 Å². The molecular weight excluding hydrogens is 572 g/mol. The minimum absolute atomic E-state index is 0.0509.